The van der Waals surface area contributed by atoms with Crippen molar-refractivity contribution in [1.29, 1.82) is 0 Å². The monoisotopic (exact) mass is 328 g/mol. The van der Waals surface area contributed by atoms with E-state index in [1.54, 1.807) is 47.3 Å². The predicted octanol–water partition coefficient (Wildman–Crippen LogP) is 3.35. The van der Waals surface area contributed by atoms with Crippen molar-refractivity contribution in [3.05, 3.63) is 70.6 Å². The Labute approximate surface area is 135 Å². The summed E-state index contributed by atoms with van der Waals surface area (Å²) < 4.78 is 10.3. The smallest absolute Gasteiger partial charge is 0.358 e. The number of hydrogen-bond acceptors (Lipinski definition) is 6. The first-order chi connectivity index (χ1) is 11.2. The van der Waals surface area contributed by atoms with E-state index < -0.39 is 5.97 Å². The first-order valence-corrected chi connectivity index (χ1v) is 7.66. The molecule has 0 unspecified atom stereocenters. The number of para-hydroxylation sites is 1. The van der Waals surface area contributed by atoms with Gasteiger partial charge in [-0.25, -0.2) is 9.78 Å². The van der Waals surface area contributed by atoms with Crippen LogP contribution in [0.4, 0.5) is 5.69 Å². The van der Waals surface area contributed by atoms with Crippen molar-refractivity contribution in [2.45, 2.75) is 6.61 Å². The molecule has 1 N–H and O–H groups in total. The maximum Gasteiger partial charge on any atom is 0.358 e. The Morgan fingerprint density at radius 2 is 2.09 bits per heavy atom. The van der Waals surface area contributed by atoms with Gasteiger partial charge in [-0.2, -0.15) is 0 Å². The van der Waals surface area contributed by atoms with Crippen LogP contribution in [0.2, 0.25) is 0 Å². The summed E-state index contributed by atoms with van der Waals surface area (Å²) >= 11 is 1.32. The van der Waals surface area contributed by atoms with E-state index >= 15 is 0 Å². The molecule has 0 radical (unpaired) electrons. The van der Waals surface area contributed by atoms with Gasteiger partial charge in [0, 0.05) is 16.6 Å². The number of aromatic nitrogens is 1. The number of rotatable bonds is 5. The van der Waals surface area contributed by atoms with Crippen molar-refractivity contribution in [2.24, 2.45) is 0 Å². The number of carbonyl (C=O) groups is 2. The number of nitrogens with one attached hydrogen (secondary N) is 1. The van der Waals surface area contributed by atoms with Crippen LogP contribution in [0.15, 0.2) is 58.0 Å². The summed E-state index contributed by atoms with van der Waals surface area (Å²) in [6.07, 6.45) is 1.43. The Bertz CT molecular complexity index is 797. The number of hydrogen-bond donors (Lipinski definition) is 1. The van der Waals surface area contributed by atoms with Gasteiger partial charge in [0.05, 0.1) is 11.8 Å². The Morgan fingerprint density at radius 3 is 2.83 bits per heavy atom. The quantitative estimate of drug-likeness (QED) is 0.726. The summed E-state index contributed by atoms with van der Waals surface area (Å²) in [5.74, 6) is -0.661. The number of nitrogens with zero attached hydrogens (tertiary/aromatic N) is 1. The molecule has 3 rings (SSSR count). The Morgan fingerprint density at radius 1 is 1.22 bits per heavy atom. The summed E-state index contributed by atoms with van der Waals surface area (Å²) in [4.78, 5) is 27.7. The lowest BCUT2D eigenvalue weighted by molar-refractivity contribution is 0.0467. The molecular weight excluding hydrogens is 316 g/mol. The topological polar surface area (TPSA) is 81.4 Å². The highest BCUT2D eigenvalue weighted by Gasteiger charge is 2.13. The third kappa shape index (κ3) is 3.64. The lowest BCUT2D eigenvalue weighted by Gasteiger charge is -2.10. The summed E-state index contributed by atoms with van der Waals surface area (Å²) in [7, 11) is 0. The maximum atomic E-state index is 12.0. The van der Waals surface area contributed by atoms with Crippen LogP contribution in [0.5, 0.6) is 0 Å². The third-order valence-corrected chi connectivity index (χ3v) is 3.60. The fourth-order valence-corrected chi connectivity index (χ4v) is 2.41. The minimum absolute atomic E-state index is 0.0327. The van der Waals surface area contributed by atoms with Gasteiger partial charge in [0.1, 0.15) is 6.61 Å². The maximum absolute atomic E-state index is 12.0. The van der Waals surface area contributed by atoms with Crippen molar-refractivity contribution in [1.82, 2.24) is 4.98 Å². The minimum atomic E-state index is -0.501. The van der Waals surface area contributed by atoms with Crippen LogP contribution < -0.4 is 5.32 Å². The SMILES string of the molecule is O=C(OCc1ccccc1NC(=O)c1ccco1)c1cscn1. The number of anilines is 1. The van der Waals surface area contributed by atoms with Gasteiger partial charge >= 0.3 is 5.97 Å². The van der Waals surface area contributed by atoms with Crippen molar-refractivity contribution >= 4 is 28.9 Å². The molecule has 0 saturated carbocycles. The zero-order valence-electron chi connectivity index (χ0n) is 11.9. The van der Waals surface area contributed by atoms with Crippen molar-refractivity contribution in [2.75, 3.05) is 5.32 Å². The number of carbonyl (C=O) groups excluding carboxylic acids is 2. The second kappa shape index (κ2) is 6.89. The van der Waals surface area contributed by atoms with E-state index in [-0.39, 0.29) is 24.0 Å². The van der Waals surface area contributed by atoms with Gasteiger partial charge in [-0.1, -0.05) is 18.2 Å². The highest BCUT2D eigenvalue weighted by atomic mass is 32.1. The van der Waals surface area contributed by atoms with E-state index in [2.05, 4.69) is 10.3 Å². The molecule has 2 heterocycles. The van der Waals surface area contributed by atoms with Gasteiger partial charge in [-0.05, 0) is 18.2 Å². The Hall–Kier alpha value is -2.93. The molecular formula is C16H12N2O4S. The van der Waals surface area contributed by atoms with Gasteiger partial charge in [0.15, 0.2) is 11.5 Å². The summed E-state index contributed by atoms with van der Waals surface area (Å²) in [5, 5.41) is 4.35. The van der Waals surface area contributed by atoms with Crippen molar-refractivity contribution in [3.63, 3.8) is 0 Å². The Balaban J connectivity index is 1.68. The van der Waals surface area contributed by atoms with E-state index in [4.69, 9.17) is 9.15 Å². The molecule has 0 aliphatic carbocycles. The molecule has 23 heavy (non-hydrogen) atoms. The number of thiazole rings is 1. The normalized spacial score (nSPS) is 10.3. The van der Waals surface area contributed by atoms with Crippen molar-refractivity contribution in [3.8, 4) is 0 Å². The molecule has 0 spiro atoms. The minimum Gasteiger partial charge on any atom is -0.459 e. The molecule has 0 bridgehead atoms. The lowest BCUT2D eigenvalue weighted by atomic mass is 10.2. The second-order valence-corrected chi connectivity index (χ2v) is 5.26. The highest BCUT2D eigenvalue weighted by molar-refractivity contribution is 7.07. The van der Waals surface area contributed by atoms with E-state index in [0.29, 0.717) is 11.3 Å². The highest BCUT2D eigenvalue weighted by Crippen LogP contribution is 2.18. The van der Waals surface area contributed by atoms with E-state index in [9.17, 15) is 9.59 Å². The van der Waals surface area contributed by atoms with Gasteiger partial charge in [-0.3, -0.25) is 4.79 Å². The second-order valence-electron chi connectivity index (χ2n) is 4.54. The van der Waals surface area contributed by atoms with Crippen LogP contribution >= 0.6 is 11.3 Å². The average molecular weight is 328 g/mol. The number of benzene rings is 1. The standard InChI is InChI=1S/C16H12N2O4S/c19-15(14-6-3-7-21-14)18-12-5-2-1-4-11(12)8-22-16(20)13-9-23-10-17-13/h1-7,9-10H,8H2,(H,18,19). The molecule has 1 amide bonds. The van der Waals surface area contributed by atoms with Crippen LogP contribution in [-0.2, 0) is 11.3 Å². The zero-order valence-corrected chi connectivity index (χ0v) is 12.7. The molecule has 0 fully saturated rings. The Kier molecular flexibility index (Phi) is 4.49. The fraction of sp³-hybridized carbons (Fsp3) is 0.0625. The van der Waals surface area contributed by atoms with Crippen LogP contribution in [0.1, 0.15) is 26.6 Å². The molecule has 6 nitrogen and oxygen atoms in total. The molecule has 0 saturated heterocycles. The van der Waals surface area contributed by atoms with Crippen LogP contribution in [0, 0.1) is 0 Å². The summed E-state index contributed by atoms with van der Waals surface area (Å²) in [5.41, 5.74) is 3.07. The molecule has 3 aromatic rings. The first kappa shape index (κ1) is 15.0. The number of amides is 1. The largest absolute Gasteiger partial charge is 0.459 e. The zero-order chi connectivity index (χ0) is 16.1. The van der Waals surface area contributed by atoms with Gasteiger partial charge in [0.2, 0.25) is 0 Å². The van der Waals surface area contributed by atoms with Crippen LogP contribution in [0.25, 0.3) is 0 Å². The molecule has 0 aliphatic rings. The molecule has 116 valence electrons. The number of furan rings is 1. The number of ether oxygens (including phenoxy) is 1. The van der Waals surface area contributed by atoms with Crippen molar-refractivity contribution < 1.29 is 18.7 Å². The van der Waals surface area contributed by atoms with Gasteiger partial charge < -0.3 is 14.5 Å². The fourth-order valence-electron chi connectivity index (χ4n) is 1.89. The predicted molar refractivity (Wildman–Crippen MR) is 84.3 cm³/mol. The molecule has 0 aliphatic heterocycles. The van der Waals surface area contributed by atoms with Crippen LogP contribution in [0.3, 0.4) is 0 Å². The summed E-state index contributed by atoms with van der Waals surface area (Å²) in [6, 6.07) is 10.3. The van der Waals surface area contributed by atoms with E-state index in [0.717, 1.165) is 0 Å². The molecule has 1 aromatic carbocycles. The molecule has 2 aromatic heterocycles. The average Bonchev–Trinajstić information content (AvgIpc) is 3.26. The first-order valence-electron chi connectivity index (χ1n) is 6.72. The van der Waals surface area contributed by atoms with Crippen LogP contribution in [-0.4, -0.2) is 16.9 Å². The van der Waals surface area contributed by atoms with E-state index in [1.165, 1.54) is 17.6 Å². The van der Waals surface area contributed by atoms with Gasteiger partial charge in [0.25, 0.3) is 5.91 Å². The third-order valence-electron chi connectivity index (χ3n) is 3.01. The van der Waals surface area contributed by atoms with E-state index in [1.807, 2.05) is 0 Å². The molecule has 7 heteroatoms. The van der Waals surface area contributed by atoms with Gasteiger partial charge in [-0.15, -0.1) is 11.3 Å². The molecule has 0 atom stereocenters. The lowest BCUT2D eigenvalue weighted by Crippen LogP contribution is -2.13. The number of esters is 1. The summed E-state index contributed by atoms with van der Waals surface area (Å²) in [6.45, 7) is 0.0327.